The second-order valence-corrected chi connectivity index (χ2v) is 9.81. The molecule has 2 fully saturated rings. The number of phenolic OH excluding ortho intramolecular Hbond substituents is 1. The highest BCUT2D eigenvalue weighted by Gasteiger charge is 2.52. The van der Waals surface area contributed by atoms with Crippen LogP contribution in [-0.4, -0.2) is 42.4 Å². The number of likely N-dealkylation sites (N-methyl/N-ethyl adjacent to an activating group) is 1. The number of esters is 1. The summed E-state index contributed by atoms with van der Waals surface area (Å²) in [5.41, 5.74) is 2.50. The second kappa shape index (κ2) is 7.77. The summed E-state index contributed by atoms with van der Waals surface area (Å²) in [5.74, 6) is 0.721. The Morgan fingerprint density at radius 1 is 1.31 bits per heavy atom. The van der Waals surface area contributed by atoms with Gasteiger partial charge in [0.25, 0.3) is 0 Å². The summed E-state index contributed by atoms with van der Waals surface area (Å²) in [6, 6.07) is 6.65. The molecule has 0 spiro atoms. The van der Waals surface area contributed by atoms with Crippen LogP contribution in [0.25, 0.3) is 0 Å². The largest absolute Gasteiger partial charge is 0.508 e. The molecule has 5 nitrogen and oxygen atoms in total. The lowest BCUT2D eigenvalue weighted by Crippen LogP contribution is -3.10. The number of ether oxygens (including phenoxy) is 1. The molecule has 3 N–H and O–H groups in total. The van der Waals surface area contributed by atoms with Gasteiger partial charge in [-0.1, -0.05) is 44.1 Å². The average molecular weight is 401 g/mol. The highest BCUT2D eigenvalue weighted by molar-refractivity contribution is 5.76. The molecule has 5 heteroatoms. The van der Waals surface area contributed by atoms with Gasteiger partial charge in [-0.3, -0.25) is 4.79 Å². The van der Waals surface area contributed by atoms with E-state index in [2.05, 4.69) is 19.9 Å². The lowest BCUT2D eigenvalue weighted by Gasteiger charge is -2.46. The molecule has 4 rings (SSSR count). The maximum atomic E-state index is 12.7. The van der Waals surface area contributed by atoms with Crippen LogP contribution in [0.1, 0.15) is 51.2 Å². The molecule has 1 aromatic rings. The number of rotatable bonds is 5. The van der Waals surface area contributed by atoms with Gasteiger partial charge in [0.1, 0.15) is 30.4 Å². The van der Waals surface area contributed by atoms with E-state index >= 15 is 0 Å². The molecule has 0 amide bonds. The number of aromatic hydroxyl groups is 1. The van der Waals surface area contributed by atoms with Crippen molar-refractivity contribution in [2.45, 2.75) is 51.7 Å². The predicted octanol–water partition coefficient (Wildman–Crippen LogP) is 2.25. The number of phenols is 1. The first-order chi connectivity index (χ1) is 13.8. The molecular formula is C24H34NO4+. The lowest BCUT2D eigenvalue weighted by atomic mass is 9.59. The number of aliphatic hydroxyl groups excluding tert-OH is 1. The molecule has 0 aromatic heterocycles. The highest BCUT2D eigenvalue weighted by Crippen LogP contribution is 2.53. The number of carbonyl (C=O) groups is 1. The number of fused-ring (bicyclic) bond motifs is 2. The Bertz CT molecular complexity index is 789. The fourth-order valence-electron chi connectivity index (χ4n) is 5.89. The van der Waals surface area contributed by atoms with Gasteiger partial charge in [0, 0.05) is 5.92 Å². The molecule has 1 saturated carbocycles. The van der Waals surface area contributed by atoms with E-state index in [4.69, 9.17) is 4.74 Å². The number of benzene rings is 1. The van der Waals surface area contributed by atoms with Crippen LogP contribution in [0.4, 0.5) is 0 Å². The molecule has 1 saturated heterocycles. The van der Waals surface area contributed by atoms with E-state index in [0.29, 0.717) is 19.0 Å². The molecular weight excluding hydrogens is 366 g/mol. The molecule has 0 bridgehead atoms. The molecule has 3 aliphatic rings. The van der Waals surface area contributed by atoms with Crippen molar-refractivity contribution in [2.75, 3.05) is 20.1 Å². The summed E-state index contributed by atoms with van der Waals surface area (Å²) in [7, 11) is 2.02. The van der Waals surface area contributed by atoms with E-state index in [-0.39, 0.29) is 35.1 Å². The van der Waals surface area contributed by atoms with Crippen molar-refractivity contribution in [1.82, 2.24) is 0 Å². The monoisotopic (exact) mass is 400 g/mol. The topological polar surface area (TPSA) is 71.2 Å². The fraction of sp³-hybridized carbons (Fsp3) is 0.625. The SMILES string of the molecule is C[C@@H]1CCC[C@]2(C)C[C@H]3OC(=O)[C@@H](C[NH+](C)C[C@H](O)c4ccc(O)cc4)[C@H]3C=C12. The highest BCUT2D eigenvalue weighted by atomic mass is 16.6. The number of hydrogen-bond acceptors (Lipinski definition) is 4. The van der Waals surface area contributed by atoms with Crippen molar-refractivity contribution >= 4 is 5.97 Å². The first-order valence-electron chi connectivity index (χ1n) is 11.0. The van der Waals surface area contributed by atoms with Gasteiger partial charge in [-0.25, -0.2) is 0 Å². The van der Waals surface area contributed by atoms with Gasteiger partial charge in [-0.05, 0) is 48.3 Å². The van der Waals surface area contributed by atoms with Crippen molar-refractivity contribution in [3.8, 4) is 5.75 Å². The minimum Gasteiger partial charge on any atom is -0.508 e. The van der Waals surface area contributed by atoms with Crippen LogP contribution in [0.3, 0.4) is 0 Å². The third kappa shape index (κ3) is 3.95. The van der Waals surface area contributed by atoms with Gasteiger partial charge >= 0.3 is 5.97 Å². The minimum atomic E-state index is -0.629. The van der Waals surface area contributed by atoms with Crippen molar-refractivity contribution in [3.63, 3.8) is 0 Å². The summed E-state index contributed by atoms with van der Waals surface area (Å²) in [4.78, 5) is 13.8. The molecule has 1 aliphatic heterocycles. The third-order valence-corrected chi connectivity index (χ3v) is 7.47. The zero-order valence-corrected chi connectivity index (χ0v) is 17.7. The maximum Gasteiger partial charge on any atom is 0.315 e. The third-order valence-electron chi connectivity index (χ3n) is 7.47. The Morgan fingerprint density at radius 2 is 2.03 bits per heavy atom. The van der Waals surface area contributed by atoms with E-state index in [0.717, 1.165) is 16.9 Å². The van der Waals surface area contributed by atoms with Crippen LogP contribution >= 0.6 is 0 Å². The molecule has 29 heavy (non-hydrogen) atoms. The Morgan fingerprint density at radius 3 is 2.76 bits per heavy atom. The number of hydrogen-bond donors (Lipinski definition) is 3. The molecule has 1 heterocycles. The Labute approximate surface area is 173 Å². The number of allylic oxidation sites excluding steroid dienone is 1. The predicted molar refractivity (Wildman–Crippen MR) is 110 cm³/mol. The van der Waals surface area contributed by atoms with Crippen LogP contribution in [-0.2, 0) is 9.53 Å². The van der Waals surface area contributed by atoms with Gasteiger partial charge in [-0.2, -0.15) is 0 Å². The average Bonchev–Trinajstić information content (AvgIpc) is 2.94. The smallest absolute Gasteiger partial charge is 0.315 e. The van der Waals surface area contributed by atoms with Gasteiger partial charge in [0.15, 0.2) is 0 Å². The molecule has 1 aromatic carbocycles. The number of quaternary nitrogens is 1. The van der Waals surface area contributed by atoms with E-state index in [1.54, 1.807) is 24.3 Å². The van der Waals surface area contributed by atoms with Crippen LogP contribution in [0.15, 0.2) is 35.9 Å². The number of nitrogens with one attached hydrogen (secondary N) is 1. The van der Waals surface area contributed by atoms with Crippen molar-refractivity contribution in [1.29, 1.82) is 0 Å². The van der Waals surface area contributed by atoms with Gasteiger partial charge in [0.05, 0.1) is 13.6 Å². The van der Waals surface area contributed by atoms with Crippen molar-refractivity contribution in [2.24, 2.45) is 23.2 Å². The van der Waals surface area contributed by atoms with E-state index < -0.39 is 6.10 Å². The second-order valence-electron chi connectivity index (χ2n) is 9.81. The molecule has 7 atom stereocenters. The molecule has 1 unspecified atom stereocenters. The van der Waals surface area contributed by atoms with Gasteiger partial charge in [-0.15, -0.1) is 0 Å². The summed E-state index contributed by atoms with van der Waals surface area (Å²) < 4.78 is 5.84. The number of carbonyl (C=O) groups excluding carboxylic acids is 1. The van der Waals surface area contributed by atoms with Crippen LogP contribution in [0.5, 0.6) is 5.75 Å². The Hall–Kier alpha value is -1.85. The normalized spacial score (nSPS) is 35.9. The van der Waals surface area contributed by atoms with Crippen molar-refractivity contribution < 1.29 is 24.6 Å². The quantitative estimate of drug-likeness (QED) is 0.524. The minimum absolute atomic E-state index is 0.00127. The van der Waals surface area contributed by atoms with Gasteiger partial charge < -0.3 is 19.8 Å². The van der Waals surface area contributed by atoms with Crippen LogP contribution < -0.4 is 4.90 Å². The Kier molecular flexibility index (Phi) is 5.47. The maximum absolute atomic E-state index is 12.7. The summed E-state index contributed by atoms with van der Waals surface area (Å²) in [5, 5.41) is 20.0. The summed E-state index contributed by atoms with van der Waals surface area (Å²) >= 11 is 0. The zero-order valence-electron chi connectivity index (χ0n) is 17.7. The van der Waals surface area contributed by atoms with Gasteiger partial charge in [0.2, 0.25) is 0 Å². The Balaban J connectivity index is 1.45. The standard InChI is InChI=1S/C24H33NO4/c1-15-5-4-10-24(2)12-22-18(11-20(15)24)19(23(28)29-22)13-25(3)14-21(27)16-6-8-17(26)9-7-16/h6-9,11,15,18-19,21-22,26-27H,4-5,10,12-14H2,1-3H3/p+1/t15-,18-,19+,21+,22-,24-/m1/s1. The summed E-state index contributed by atoms with van der Waals surface area (Å²) in [6.07, 6.45) is 6.39. The molecule has 0 radical (unpaired) electrons. The van der Waals surface area contributed by atoms with E-state index in [9.17, 15) is 15.0 Å². The fourth-order valence-corrected chi connectivity index (χ4v) is 5.89. The van der Waals surface area contributed by atoms with E-state index in [1.807, 2.05) is 7.05 Å². The molecule has 158 valence electrons. The lowest BCUT2D eigenvalue weighted by molar-refractivity contribution is -0.886. The first-order valence-corrected chi connectivity index (χ1v) is 11.0. The zero-order chi connectivity index (χ0) is 20.8. The van der Waals surface area contributed by atoms with Crippen LogP contribution in [0, 0.1) is 23.2 Å². The first kappa shape index (κ1) is 20.4. The van der Waals surface area contributed by atoms with Crippen LogP contribution in [0.2, 0.25) is 0 Å². The summed E-state index contributed by atoms with van der Waals surface area (Å²) in [6.45, 7) is 5.83. The van der Waals surface area contributed by atoms with E-state index in [1.165, 1.54) is 24.8 Å². The number of aliphatic hydroxyl groups is 1. The van der Waals surface area contributed by atoms with Crippen molar-refractivity contribution in [3.05, 3.63) is 41.5 Å². The molecule has 2 aliphatic carbocycles.